The molecule has 0 spiro atoms. The number of fused-ring (bicyclic) bond motifs is 1. The highest BCUT2D eigenvalue weighted by atomic mass is 16.6. The second-order valence-electron chi connectivity index (χ2n) is 7.07. The van der Waals surface area contributed by atoms with E-state index in [0.717, 1.165) is 6.07 Å². The molecule has 148 valence electrons. The molecular weight excluding hydrogens is 364 g/mol. The number of benzene rings is 1. The van der Waals surface area contributed by atoms with Gasteiger partial charge in [-0.05, 0) is 56.2 Å². The van der Waals surface area contributed by atoms with Gasteiger partial charge < -0.3 is 24.8 Å². The standard InChI is InChI=1S/C21H22O7/c1-4-5-14-7-12-8-17(24)21(3,19(25)15(12)10-27-14)28-20(26)18-11(2)6-13(22)9-16(18)23/h4-9,15,19,22-23,25H,10H2,1-3H3/t15-,19+,21-/m1/s1. The molecule has 7 nitrogen and oxygen atoms in total. The molecule has 1 aliphatic carbocycles. The fourth-order valence-electron chi connectivity index (χ4n) is 3.47. The van der Waals surface area contributed by atoms with Crippen LogP contribution in [0, 0.1) is 12.8 Å². The highest BCUT2D eigenvalue weighted by Gasteiger charge is 2.52. The maximum absolute atomic E-state index is 12.7. The number of aliphatic hydroxyl groups is 1. The third-order valence-electron chi connectivity index (χ3n) is 5.04. The van der Waals surface area contributed by atoms with Crippen LogP contribution in [0.5, 0.6) is 11.5 Å². The van der Waals surface area contributed by atoms with E-state index in [1.54, 1.807) is 18.2 Å². The smallest absolute Gasteiger partial charge is 0.343 e. The molecule has 2 aliphatic rings. The number of rotatable bonds is 3. The lowest BCUT2D eigenvalue weighted by molar-refractivity contribution is -0.152. The van der Waals surface area contributed by atoms with E-state index in [1.807, 2.05) is 6.92 Å². The lowest BCUT2D eigenvalue weighted by atomic mass is 9.74. The fraction of sp³-hybridized carbons (Fsp3) is 0.333. The predicted octanol–water partition coefficient (Wildman–Crippen LogP) is 2.30. The Hall–Kier alpha value is -3.06. The Balaban J connectivity index is 1.93. The van der Waals surface area contributed by atoms with Gasteiger partial charge in [-0.1, -0.05) is 6.08 Å². The highest BCUT2D eigenvalue weighted by Crippen LogP contribution is 2.38. The number of esters is 1. The number of allylic oxidation sites excluding steroid dienone is 3. The number of hydrogen-bond acceptors (Lipinski definition) is 7. The molecule has 1 aromatic rings. The van der Waals surface area contributed by atoms with Crippen molar-refractivity contribution < 1.29 is 34.4 Å². The molecule has 1 aromatic carbocycles. The summed E-state index contributed by atoms with van der Waals surface area (Å²) in [5.74, 6) is -2.17. The predicted molar refractivity (Wildman–Crippen MR) is 99.8 cm³/mol. The van der Waals surface area contributed by atoms with Crippen LogP contribution in [0.15, 0.2) is 47.8 Å². The summed E-state index contributed by atoms with van der Waals surface area (Å²) in [6.45, 7) is 4.82. The number of aliphatic hydroxyl groups excluding tert-OH is 1. The number of carbonyl (C=O) groups is 2. The molecule has 0 saturated heterocycles. The Morgan fingerprint density at radius 1 is 1.32 bits per heavy atom. The lowest BCUT2D eigenvalue weighted by Gasteiger charge is -2.41. The SMILES string of the molecule is CC=CC1=CC2=CC(=O)[C@@](C)(OC(=O)c3c(C)cc(O)cc3O)[C@@H](O)[C@@H]2CO1. The molecule has 0 unspecified atom stereocenters. The van der Waals surface area contributed by atoms with Gasteiger partial charge in [-0.3, -0.25) is 4.79 Å². The topological polar surface area (TPSA) is 113 Å². The second kappa shape index (κ2) is 7.16. The summed E-state index contributed by atoms with van der Waals surface area (Å²) in [6.07, 6.45) is 5.24. The summed E-state index contributed by atoms with van der Waals surface area (Å²) in [5.41, 5.74) is -1.13. The molecule has 3 rings (SSSR count). The minimum Gasteiger partial charge on any atom is -0.508 e. The van der Waals surface area contributed by atoms with Gasteiger partial charge in [0.1, 0.15) is 28.9 Å². The monoisotopic (exact) mass is 386 g/mol. The Bertz CT molecular complexity index is 902. The van der Waals surface area contributed by atoms with Crippen molar-refractivity contribution >= 4 is 11.8 Å². The molecule has 1 heterocycles. The molecule has 3 N–H and O–H groups in total. The summed E-state index contributed by atoms with van der Waals surface area (Å²) in [6, 6.07) is 2.30. The van der Waals surface area contributed by atoms with E-state index in [0.29, 0.717) is 11.3 Å². The van der Waals surface area contributed by atoms with Crippen molar-refractivity contribution in [3.05, 3.63) is 58.9 Å². The fourth-order valence-corrected chi connectivity index (χ4v) is 3.47. The Morgan fingerprint density at radius 2 is 2.04 bits per heavy atom. The van der Waals surface area contributed by atoms with Gasteiger partial charge in [-0.2, -0.15) is 0 Å². The van der Waals surface area contributed by atoms with E-state index in [-0.39, 0.29) is 23.5 Å². The number of carbonyl (C=O) groups excluding carboxylic acids is 2. The van der Waals surface area contributed by atoms with Gasteiger partial charge in [-0.25, -0.2) is 4.79 Å². The van der Waals surface area contributed by atoms with E-state index in [1.165, 1.54) is 26.0 Å². The summed E-state index contributed by atoms with van der Waals surface area (Å²) < 4.78 is 11.0. The van der Waals surface area contributed by atoms with E-state index in [4.69, 9.17) is 9.47 Å². The average molecular weight is 386 g/mol. The molecule has 3 atom stereocenters. The molecule has 0 aromatic heterocycles. The number of phenolic OH excluding ortho intramolecular Hbond substituents is 2. The van der Waals surface area contributed by atoms with Gasteiger partial charge in [0.05, 0.1) is 6.61 Å². The van der Waals surface area contributed by atoms with Crippen LogP contribution in [0.3, 0.4) is 0 Å². The highest BCUT2D eigenvalue weighted by molar-refractivity contribution is 6.03. The van der Waals surface area contributed by atoms with Gasteiger partial charge in [0.25, 0.3) is 0 Å². The van der Waals surface area contributed by atoms with Crippen LogP contribution < -0.4 is 0 Å². The number of phenols is 2. The van der Waals surface area contributed by atoms with Crippen molar-refractivity contribution in [3.63, 3.8) is 0 Å². The van der Waals surface area contributed by atoms with Crippen molar-refractivity contribution in [2.45, 2.75) is 32.5 Å². The molecule has 0 amide bonds. The van der Waals surface area contributed by atoms with Crippen LogP contribution in [-0.2, 0) is 14.3 Å². The molecule has 7 heteroatoms. The van der Waals surface area contributed by atoms with E-state index in [9.17, 15) is 24.9 Å². The molecule has 1 aliphatic heterocycles. The number of aromatic hydroxyl groups is 2. The molecule has 0 saturated carbocycles. The maximum Gasteiger partial charge on any atom is 0.343 e. The third kappa shape index (κ3) is 3.29. The number of hydrogen-bond donors (Lipinski definition) is 3. The third-order valence-corrected chi connectivity index (χ3v) is 5.04. The van der Waals surface area contributed by atoms with Crippen molar-refractivity contribution in [1.82, 2.24) is 0 Å². The summed E-state index contributed by atoms with van der Waals surface area (Å²) in [7, 11) is 0. The second-order valence-corrected chi connectivity index (χ2v) is 7.07. The summed E-state index contributed by atoms with van der Waals surface area (Å²) in [5, 5.41) is 30.3. The quantitative estimate of drug-likeness (QED) is 0.683. The number of ketones is 1. The summed E-state index contributed by atoms with van der Waals surface area (Å²) in [4.78, 5) is 25.4. The first-order valence-corrected chi connectivity index (χ1v) is 8.84. The Kier molecular flexibility index (Phi) is 5.04. The molecule has 0 bridgehead atoms. The first-order chi connectivity index (χ1) is 13.2. The van der Waals surface area contributed by atoms with Gasteiger partial charge >= 0.3 is 5.97 Å². The maximum atomic E-state index is 12.7. The zero-order valence-electron chi connectivity index (χ0n) is 15.8. The molecular formula is C21H22O7. The van der Waals surface area contributed by atoms with Gasteiger partial charge in [0.15, 0.2) is 5.60 Å². The molecule has 0 fully saturated rings. The van der Waals surface area contributed by atoms with E-state index in [2.05, 4.69) is 0 Å². The normalized spacial score (nSPS) is 26.9. The Morgan fingerprint density at radius 3 is 2.68 bits per heavy atom. The largest absolute Gasteiger partial charge is 0.508 e. The van der Waals surface area contributed by atoms with Gasteiger partial charge in [0.2, 0.25) is 5.78 Å². The average Bonchev–Trinajstić information content (AvgIpc) is 2.59. The van der Waals surface area contributed by atoms with Crippen LogP contribution in [-0.4, -0.2) is 45.4 Å². The van der Waals surface area contributed by atoms with E-state index >= 15 is 0 Å². The van der Waals surface area contributed by atoms with Crippen LogP contribution in [0.25, 0.3) is 0 Å². The minimum atomic E-state index is -1.84. The van der Waals surface area contributed by atoms with Crippen molar-refractivity contribution in [2.24, 2.45) is 5.92 Å². The van der Waals surface area contributed by atoms with Gasteiger partial charge in [-0.15, -0.1) is 0 Å². The lowest BCUT2D eigenvalue weighted by Crippen LogP contribution is -2.57. The van der Waals surface area contributed by atoms with Crippen LogP contribution in [0.2, 0.25) is 0 Å². The first kappa shape index (κ1) is 19.7. The van der Waals surface area contributed by atoms with Crippen molar-refractivity contribution in [1.29, 1.82) is 0 Å². The minimum absolute atomic E-state index is 0.132. The van der Waals surface area contributed by atoms with Crippen LogP contribution >= 0.6 is 0 Å². The summed E-state index contributed by atoms with van der Waals surface area (Å²) >= 11 is 0. The molecule has 0 radical (unpaired) electrons. The zero-order chi connectivity index (χ0) is 20.6. The van der Waals surface area contributed by atoms with Crippen molar-refractivity contribution in [2.75, 3.05) is 6.61 Å². The zero-order valence-corrected chi connectivity index (χ0v) is 15.8. The Labute approximate surface area is 162 Å². The first-order valence-electron chi connectivity index (χ1n) is 8.84. The molecule has 28 heavy (non-hydrogen) atoms. The van der Waals surface area contributed by atoms with Gasteiger partial charge in [0, 0.05) is 12.0 Å². The van der Waals surface area contributed by atoms with Crippen LogP contribution in [0.1, 0.15) is 29.8 Å². The number of aryl methyl sites for hydroxylation is 1. The van der Waals surface area contributed by atoms with Crippen molar-refractivity contribution in [3.8, 4) is 11.5 Å². The van der Waals surface area contributed by atoms with E-state index < -0.39 is 35.1 Å². The number of ether oxygens (including phenoxy) is 2. The van der Waals surface area contributed by atoms with Crippen LogP contribution in [0.4, 0.5) is 0 Å².